The second kappa shape index (κ2) is 9.50. The normalized spacial score (nSPS) is 17.1. The highest BCUT2D eigenvalue weighted by atomic mass is 19.3. The standard InChI is InChI=1S/C25H23F3N6O2/c1-36-20-6-5-14(16-7-9-29-13-25(16,27)28)11-18(20)32-24-30-10-8-21(33-24)31-19-12-15-3-2-4-17(26)22(15)34-23(19)35/h2-6,8,10-12,16,29H,7,9,13H2,1H3,(H,34,35)(H2,30,31,32,33). The molecule has 1 aliphatic rings. The van der Waals surface area contributed by atoms with Gasteiger partial charge in [0.25, 0.3) is 11.5 Å². The van der Waals surface area contributed by atoms with E-state index in [1.807, 2.05) is 0 Å². The summed E-state index contributed by atoms with van der Waals surface area (Å²) in [5.41, 5.74) is 0.683. The fourth-order valence-corrected chi connectivity index (χ4v) is 4.32. The molecule has 4 N–H and O–H groups in total. The van der Waals surface area contributed by atoms with Gasteiger partial charge in [-0.2, -0.15) is 4.98 Å². The zero-order chi connectivity index (χ0) is 25.3. The molecule has 1 atom stereocenters. The van der Waals surface area contributed by atoms with E-state index in [-0.39, 0.29) is 23.7 Å². The average molecular weight is 496 g/mol. The fraction of sp³-hybridized carbons (Fsp3) is 0.240. The quantitative estimate of drug-likeness (QED) is 0.308. The topological polar surface area (TPSA) is 104 Å². The first-order chi connectivity index (χ1) is 17.3. The molecule has 2 aromatic heterocycles. The van der Waals surface area contributed by atoms with E-state index in [0.29, 0.717) is 41.2 Å². The fourth-order valence-electron chi connectivity index (χ4n) is 4.32. The number of benzene rings is 2. The summed E-state index contributed by atoms with van der Waals surface area (Å²) >= 11 is 0. The highest BCUT2D eigenvalue weighted by molar-refractivity contribution is 5.82. The summed E-state index contributed by atoms with van der Waals surface area (Å²) in [7, 11) is 1.48. The van der Waals surface area contributed by atoms with E-state index in [1.54, 1.807) is 36.4 Å². The molecule has 4 aromatic rings. The molecule has 186 valence electrons. The molecular weight excluding hydrogens is 473 g/mol. The number of nitrogens with one attached hydrogen (secondary N) is 4. The molecule has 3 heterocycles. The van der Waals surface area contributed by atoms with Gasteiger partial charge in [-0.1, -0.05) is 18.2 Å². The van der Waals surface area contributed by atoms with E-state index in [2.05, 4.69) is 30.9 Å². The summed E-state index contributed by atoms with van der Waals surface area (Å²) < 4.78 is 48.4. The van der Waals surface area contributed by atoms with Crippen LogP contribution in [0.4, 0.5) is 36.3 Å². The van der Waals surface area contributed by atoms with E-state index in [1.165, 1.54) is 25.4 Å². The van der Waals surface area contributed by atoms with Crippen molar-refractivity contribution in [1.29, 1.82) is 0 Å². The molecule has 1 saturated heterocycles. The third-order valence-electron chi connectivity index (χ3n) is 6.10. The van der Waals surface area contributed by atoms with Gasteiger partial charge in [0, 0.05) is 11.6 Å². The Morgan fingerprint density at radius 1 is 1.11 bits per heavy atom. The third-order valence-corrected chi connectivity index (χ3v) is 6.10. The van der Waals surface area contributed by atoms with Crippen molar-refractivity contribution < 1.29 is 17.9 Å². The smallest absolute Gasteiger partial charge is 0.272 e. The Morgan fingerprint density at radius 3 is 2.78 bits per heavy atom. The zero-order valence-electron chi connectivity index (χ0n) is 19.2. The van der Waals surface area contributed by atoms with Crippen molar-refractivity contribution in [2.24, 2.45) is 0 Å². The highest BCUT2D eigenvalue weighted by Crippen LogP contribution is 2.40. The number of anilines is 4. The maximum absolute atomic E-state index is 14.5. The Bertz CT molecular complexity index is 1480. The molecule has 0 saturated carbocycles. The summed E-state index contributed by atoms with van der Waals surface area (Å²) in [5.74, 6) is -3.43. The molecule has 5 rings (SSSR count). The molecule has 2 aromatic carbocycles. The van der Waals surface area contributed by atoms with E-state index < -0.39 is 23.2 Å². The van der Waals surface area contributed by atoms with Gasteiger partial charge in [0.05, 0.1) is 30.8 Å². The van der Waals surface area contributed by atoms with E-state index in [9.17, 15) is 18.0 Å². The van der Waals surface area contributed by atoms with Crippen LogP contribution in [0.25, 0.3) is 10.9 Å². The monoisotopic (exact) mass is 496 g/mol. The van der Waals surface area contributed by atoms with Gasteiger partial charge in [-0.25, -0.2) is 18.2 Å². The third kappa shape index (κ3) is 4.69. The Kier molecular flexibility index (Phi) is 6.23. The molecule has 0 spiro atoms. The number of hydrogen-bond acceptors (Lipinski definition) is 7. The molecule has 0 amide bonds. The summed E-state index contributed by atoms with van der Waals surface area (Å²) in [6.45, 7) is 0.135. The van der Waals surface area contributed by atoms with Crippen molar-refractivity contribution in [3.8, 4) is 5.75 Å². The van der Waals surface area contributed by atoms with Crippen molar-refractivity contribution in [1.82, 2.24) is 20.3 Å². The number of aromatic nitrogens is 3. The number of piperidine rings is 1. The number of fused-ring (bicyclic) bond motifs is 1. The molecule has 36 heavy (non-hydrogen) atoms. The van der Waals surface area contributed by atoms with Crippen molar-refractivity contribution in [3.63, 3.8) is 0 Å². The Hall–Kier alpha value is -4.12. The number of pyridine rings is 1. The van der Waals surface area contributed by atoms with Gasteiger partial charge in [-0.05, 0) is 48.9 Å². The van der Waals surface area contributed by atoms with Crippen molar-refractivity contribution in [2.75, 3.05) is 30.8 Å². The minimum Gasteiger partial charge on any atom is -0.495 e. The maximum atomic E-state index is 14.5. The van der Waals surface area contributed by atoms with Crippen LogP contribution in [0, 0.1) is 5.82 Å². The van der Waals surface area contributed by atoms with Gasteiger partial charge in [0.15, 0.2) is 0 Å². The minimum atomic E-state index is -2.87. The molecule has 0 bridgehead atoms. The van der Waals surface area contributed by atoms with Crippen LogP contribution < -0.4 is 26.2 Å². The molecule has 1 fully saturated rings. The molecule has 8 nitrogen and oxygen atoms in total. The van der Waals surface area contributed by atoms with Crippen molar-refractivity contribution >= 4 is 34.0 Å². The minimum absolute atomic E-state index is 0.115. The first kappa shape index (κ1) is 23.6. The molecule has 1 unspecified atom stereocenters. The van der Waals surface area contributed by atoms with E-state index >= 15 is 0 Å². The predicted molar refractivity (Wildman–Crippen MR) is 131 cm³/mol. The summed E-state index contributed by atoms with van der Waals surface area (Å²) in [5, 5.41) is 9.19. The molecular formula is C25H23F3N6O2. The number of halogens is 3. The molecule has 1 aliphatic heterocycles. The Labute approximate surface area is 203 Å². The lowest BCUT2D eigenvalue weighted by molar-refractivity contribution is -0.0420. The van der Waals surface area contributed by atoms with Crippen LogP contribution in [0.2, 0.25) is 0 Å². The van der Waals surface area contributed by atoms with Gasteiger partial charge in [-0.3, -0.25) is 4.79 Å². The number of ether oxygens (including phenoxy) is 1. The van der Waals surface area contributed by atoms with Crippen LogP contribution in [-0.4, -0.2) is 41.1 Å². The van der Waals surface area contributed by atoms with Crippen molar-refractivity contribution in [3.05, 3.63) is 76.5 Å². The number of aromatic amines is 1. The molecule has 11 heteroatoms. The number of para-hydroxylation sites is 1. The predicted octanol–water partition coefficient (Wildman–Crippen LogP) is 4.67. The maximum Gasteiger partial charge on any atom is 0.272 e. The SMILES string of the molecule is COc1ccc(C2CCNCC2(F)F)cc1Nc1nccc(Nc2cc3cccc(F)c3[nH]c2=O)n1. The second-order valence-corrected chi connectivity index (χ2v) is 8.47. The number of H-pyrrole nitrogens is 1. The van der Waals surface area contributed by atoms with Crippen LogP contribution in [0.15, 0.2) is 59.5 Å². The number of methoxy groups -OCH3 is 1. The lowest BCUT2D eigenvalue weighted by atomic mass is 9.86. The lowest BCUT2D eigenvalue weighted by Gasteiger charge is -2.32. The van der Waals surface area contributed by atoms with Gasteiger partial charge in [-0.15, -0.1) is 0 Å². The number of rotatable bonds is 6. The summed E-state index contributed by atoms with van der Waals surface area (Å²) in [4.78, 5) is 23.6. The first-order valence-electron chi connectivity index (χ1n) is 11.3. The van der Waals surface area contributed by atoms with Crippen molar-refractivity contribution in [2.45, 2.75) is 18.3 Å². The second-order valence-electron chi connectivity index (χ2n) is 8.47. The first-order valence-corrected chi connectivity index (χ1v) is 11.3. The van der Waals surface area contributed by atoms with E-state index in [0.717, 1.165) is 0 Å². The van der Waals surface area contributed by atoms with Gasteiger partial charge in [0.2, 0.25) is 5.95 Å². The van der Waals surface area contributed by atoms with Crippen LogP contribution in [-0.2, 0) is 0 Å². The Morgan fingerprint density at radius 2 is 1.97 bits per heavy atom. The Balaban J connectivity index is 1.42. The van der Waals surface area contributed by atoms with Crippen LogP contribution in [0.1, 0.15) is 17.9 Å². The average Bonchev–Trinajstić information content (AvgIpc) is 2.85. The number of hydrogen-bond donors (Lipinski definition) is 4. The number of nitrogens with zero attached hydrogens (tertiary/aromatic N) is 2. The van der Waals surface area contributed by atoms with Gasteiger partial charge >= 0.3 is 0 Å². The highest BCUT2D eigenvalue weighted by Gasteiger charge is 2.42. The van der Waals surface area contributed by atoms with E-state index in [4.69, 9.17) is 4.74 Å². The van der Waals surface area contributed by atoms with Gasteiger partial charge in [0.1, 0.15) is 23.1 Å². The summed E-state index contributed by atoms with van der Waals surface area (Å²) in [6.07, 6.45) is 1.78. The van der Waals surface area contributed by atoms with Crippen LogP contribution in [0.5, 0.6) is 5.75 Å². The van der Waals surface area contributed by atoms with Crippen LogP contribution >= 0.6 is 0 Å². The van der Waals surface area contributed by atoms with Crippen LogP contribution in [0.3, 0.4) is 0 Å². The zero-order valence-corrected chi connectivity index (χ0v) is 19.2. The molecule has 0 radical (unpaired) electrons. The van der Waals surface area contributed by atoms with Gasteiger partial charge < -0.3 is 25.7 Å². The summed E-state index contributed by atoms with van der Waals surface area (Å²) in [6, 6.07) is 12.5. The number of alkyl halides is 2. The largest absolute Gasteiger partial charge is 0.495 e. The lowest BCUT2D eigenvalue weighted by Crippen LogP contribution is -2.44. The molecule has 0 aliphatic carbocycles.